The number of aromatic nitrogens is 4. The van der Waals surface area contributed by atoms with E-state index >= 15 is 0 Å². The van der Waals surface area contributed by atoms with Crippen LogP contribution in [0.3, 0.4) is 0 Å². The highest BCUT2D eigenvalue weighted by atomic mass is 32.1. The predicted octanol–water partition coefficient (Wildman–Crippen LogP) is 6.33. The Morgan fingerprint density at radius 3 is 0.771 bits per heavy atom. The van der Waals surface area contributed by atoms with Crippen molar-refractivity contribution in [2.24, 2.45) is 23.7 Å². The van der Waals surface area contributed by atoms with Gasteiger partial charge >= 0.3 is 0 Å². The van der Waals surface area contributed by atoms with Crippen LogP contribution in [-0.4, -0.2) is 43.6 Å². The van der Waals surface area contributed by atoms with Crippen LogP contribution in [0, 0.1) is 23.7 Å². The maximum Gasteiger partial charge on any atom is 0.271 e. The summed E-state index contributed by atoms with van der Waals surface area (Å²) in [5.74, 6) is -1.60. The molecule has 48 heavy (non-hydrogen) atoms. The topological polar surface area (TPSA) is 168 Å². The standard InChI is InChI=1S/C32H40N8O4S4/c1-13(2)21-29-33-18(9-45-29)26(42)38-23(15(5)6)31-35-20(11-47-31)28(44)40-24(16(7)8)32-36-19(12-48-32)27(43)39-22(14(3)4)30-34-17(10-46-30)25(41)37-21/h9-16,21-24H,1-8H3,(H,37,41)(H,38,42)(H,39,43)(H,40,44)/t21-,22-,23-,24-/m1/s1. The van der Waals surface area contributed by atoms with Gasteiger partial charge in [-0.3, -0.25) is 19.2 Å². The Bertz CT molecular complexity index is 1530. The normalized spacial score (nSPS) is 21.2. The first kappa shape index (κ1) is 35.7. The number of amides is 4. The first-order valence-electron chi connectivity index (χ1n) is 15.8. The predicted molar refractivity (Wildman–Crippen MR) is 189 cm³/mol. The fourth-order valence-corrected chi connectivity index (χ4v) is 9.14. The number of nitrogens with one attached hydrogen (secondary N) is 4. The number of carbonyl (C=O) groups excluding carboxylic acids is 4. The van der Waals surface area contributed by atoms with E-state index < -0.39 is 24.2 Å². The van der Waals surface area contributed by atoms with Gasteiger partial charge < -0.3 is 21.3 Å². The summed E-state index contributed by atoms with van der Waals surface area (Å²) >= 11 is 5.19. The lowest BCUT2D eigenvalue weighted by molar-refractivity contribution is 0.0913. The van der Waals surface area contributed by atoms with E-state index in [0.29, 0.717) is 20.0 Å². The van der Waals surface area contributed by atoms with Crippen LogP contribution in [0.15, 0.2) is 21.5 Å². The monoisotopic (exact) mass is 728 g/mol. The quantitative estimate of drug-likeness (QED) is 0.189. The van der Waals surface area contributed by atoms with Crippen LogP contribution in [-0.2, 0) is 0 Å². The minimum atomic E-state index is -0.463. The average Bonchev–Trinajstić information content (AvgIpc) is 3.85. The summed E-state index contributed by atoms with van der Waals surface area (Å²) in [5, 5.41) is 21.3. The minimum absolute atomic E-state index is 0.0306. The Labute approximate surface area is 295 Å². The molecule has 5 rings (SSSR count). The molecule has 0 radical (unpaired) electrons. The van der Waals surface area contributed by atoms with E-state index in [1.54, 1.807) is 21.5 Å². The number of carbonyl (C=O) groups is 4. The summed E-state index contributed by atoms with van der Waals surface area (Å²) in [5.41, 5.74) is 0.939. The van der Waals surface area contributed by atoms with E-state index in [-0.39, 0.29) is 70.1 Å². The molecule has 4 amide bonds. The average molecular weight is 729 g/mol. The van der Waals surface area contributed by atoms with Gasteiger partial charge in [-0.05, 0) is 23.7 Å². The second kappa shape index (κ2) is 14.9. The van der Waals surface area contributed by atoms with Gasteiger partial charge in [0.2, 0.25) is 0 Å². The molecule has 8 bridgehead atoms. The van der Waals surface area contributed by atoms with Crippen molar-refractivity contribution in [2.75, 3.05) is 0 Å². The Morgan fingerprint density at radius 2 is 0.604 bits per heavy atom. The van der Waals surface area contributed by atoms with Crippen molar-refractivity contribution in [2.45, 2.75) is 79.6 Å². The molecule has 4 atom stereocenters. The van der Waals surface area contributed by atoms with E-state index in [9.17, 15) is 19.2 Å². The number of nitrogens with zero attached hydrogens (tertiary/aromatic N) is 4. The summed E-state index contributed by atoms with van der Waals surface area (Å²) in [4.78, 5) is 72.3. The van der Waals surface area contributed by atoms with E-state index in [2.05, 4.69) is 41.2 Å². The first-order chi connectivity index (χ1) is 22.7. The van der Waals surface area contributed by atoms with Crippen LogP contribution in [0.1, 0.15) is 142 Å². The first-order valence-corrected chi connectivity index (χ1v) is 19.3. The third kappa shape index (κ3) is 7.82. The Balaban J connectivity index is 1.53. The molecular formula is C32H40N8O4S4. The Hall–Kier alpha value is -3.60. The number of thiazole rings is 4. The molecule has 256 valence electrons. The van der Waals surface area contributed by atoms with E-state index in [0.717, 1.165) is 0 Å². The van der Waals surface area contributed by atoms with Crippen LogP contribution < -0.4 is 21.3 Å². The van der Waals surface area contributed by atoms with Crippen LogP contribution in [0.5, 0.6) is 0 Å². The molecule has 16 heteroatoms. The highest BCUT2D eigenvalue weighted by Gasteiger charge is 2.31. The molecule has 0 unspecified atom stereocenters. The molecule has 4 aromatic rings. The lowest BCUT2D eigenvalue weighted by atomic mass is 10.0. The SMILES string of the molecule is CC(C)[C@H]1NC(=O)c2csc(n2)[C@@H](C(C)C)NC(=O)c2csc(n2)[C@@H](C(C)C)NC(=O)c2csc(n2)[C@@H](C(C)C)NC(=O)c2csc1n2. The van der Waals surface area contributed by atoms with Gasteiger partial charge in [0.1, 0.15) is 42.8 Å². The number of hydrogen-bond acceptors (Lipinski definition) is 12. The maximum atomic E-state index is 13.5. The zero-order valence-corrected chi connectivity index (χ0v) is 31.2. The number of hydrogen-bond donors (Lipinski definition) is 4. The van der Waals surface area contributed by atoms with Gasteiger partial charge in [-0.1, -0.05) is 55.4 Å². The molecule has 0 aromatic carbocycles. The molecule has 0 fully saturated rings. The Morgan fingerprint density at radius 1 is 0.417 bits per heavy atom. The summed E-state index contributed by atoms with van der Waals surface area (Å²) < 4.78 is 0. The zero-order valence-electron chi connectivity index (χ0n) is 28.0. The van der Waals surface area contributed by atoms with E-state index in [4.69, 9.17) is 0 Å². The molecule has 4 N–H and O–H groups in total. The van der Waals surface area contributed by atoms with Crippen molar-refractivity contribution in [3.63, 3.8) is 0 Å². The van der Waals surface area contributed by atoms with Gasteiger partial charge in [0.05, 0.1) is 24.2 Å². The third-order valence-corrected chi connectivity index (χ3v) is 11.6. The second-order valence-electron chi connectivity index (χ2n) is 13.1. The molecule has 12 nitrogen and oxygen atoms in total. The molecule has 5 heterocycles. The molecule has 0 saturated heterocycles. The molecule has 1 aliphatic heterocycles. The number of rotatable bonds is 4. The van der Waals surface area contributed by atoms with E-state index in [1.807, 2.05) is 55.4 Å². The van der Waals surface area contributed by atoms with Gasteiger partial charge in [-0.2, -0.15) is 0 Å². The zero-order chi connectivity index (χ0) is 34.9. The summed E-state index contributed by atoms with van der Waals surface area (Å²) in [6, 6.07) is -1.85. The molecular weight excluding hydrogens is 689 g/mol. The molecule has 1 aliphatic rings. The molecule has 0 spiro atoms. The van der Waals surface area contributed by atoms with Gasteiger partial charge in [-0.25, -0.2) is 19.9 Å². The third-order valence-electron chi connectivity index (χ3n) is 7.90. The summed E-state index contributed by atoms with van der Waals surface area (Å²) in [6.07, 6.45) is 0. The highest BCUT2D eigenvalue weighted by molar-refractivity contribution is 7.10. The van der Waals surface area contributed by atoms with Gasteiger partial charge in [0, 0.05) is 21.5 Å². The lowest BCUT2D eigenvalue weighted by Crippen LogP contribution is -2.34. The molecule has 0 saturated carbocycles. The van der Waals surface area contributed by atoms with Crippen molar-refractivity contribution < 1.29 is 19.2 Å². The van der Waals surface area contributed by atoms with Crippen molar-refractivity contribution in [1.82, 2.24) is 41.2 Å². The van der Waals surface area contributed by atoms with Crippen LogP contribution in [0.25, 0.3) is 0 Å². The van der Waals surface area contributed by atoms with Gasteiger partial charge in [0.25, 0.3) is 23.6 Å². The lowest BCUT2D eigenvalue weighted by Gasteiger charge is -2.21. The molecule has 4 aromatic heterocycles. The maximum absolute atomic E-state index is 13.5. The summed E-state index contributed by atoms with van der Waals surface area (Å²) in [6.45, 7) is 15.7. The van der Waals surface area contributed by atoms with Gasteiger partial charge in [0.15, 0.2) is 0 Å². The van der Waals surface area contributed by atoms with Crippen molar-refractivity contribution in [1.29, 1.82) is 0 Å². The molecule has 0 aliphatic carbocycles. The van der Waals surface area contributed by atoms with Crippen LogP contribution in [0.2, 0.25) is 0 Å². The second-order valence-corrected chi connectivity index (χ2v) is 16.6. The minimum Gasteiger partial charge on any atom is -0.341 e. The fourth-order valence-electron chi connectivity index (χ4n) is 5.05. The van der Waals surface area contributed by atoms with Crippen molar-refractivity contribution >= 4 is 69.0 Å². The van der Waals surface area contributed by atoms with Crippen molar-refractivity contribution in [3.8, 4) is 0 Å². The van der Waals surface area contributed by atoms with Gasteiger partial charge in [-0.15, -0.1) is 45.3 Å². The number of fused-ring (bicyclic) bond motifs is 8. The Kier molecular flexibility index (Phi) is 11.1. The fraction of sp³-hybridized carbons (Fsp3) is 0.500. The van der Waals surface area contributed by atoms with Crippen LogP contribution in [0.4, 0.5) is 0 Å². The van der Waals surface area contributed by atoms with E-state index in [1.165, 1.54) is 45.3 Å². The van der Waals surface area contributed by atoms with Crippen molar-refractivity contribution in [3.05, 3.63) is 64.3 Å². The summed E-state index contributed by atoms with van der Waals surface area (Å²) in [7, 11) is 0. The largest absolute Gasteiger partial charge is 0.341 e. The van der Waals surface area contributed by atoms with Crippen LogP contribution >= 0.6 is 45.3 Å². The smallest absolute Gasteiger partial charge is 0.271 e. The highest BCUT2D eigenvalue weighted by Crippen LogP contribution is 2.31.